The van der Waals surface area contributed by atoms with Crippen LogP contribution in [0.5, 0.6) is 0 Å². The van der Waals surface area contributed by atoms with Crippen LogP contribution < -0.4 is 0 Å². The van der Waals surface area contributed by atoms with Gasteiger partial charge in [0.25, 0.3) is 0 Å². The molecule has 0 heterocycles. The first kappa shape index (κ1) is 20.6. The van der Waals surface area contributed by atoms with Crippen molar-refractivity contribution in [1.29, 1.82) is 0 Å². The maximum absolute atomic E-state index is 12.3. The summed E-state index contributed by atoms with van der Waals surface area (Å²) < 4.78 is 11.2. The lowest BCUT2D eigenvalue weighted by Gasteiger charge is -2.22. The van der Waals surface area contributed by atoms with E-state index < -0.39 is 0 Å². The number of esters is 2. The third-order valence-corrected chi connectivity index (χ3v) is 4.81. The molecule has 0 saturated carbocycles. The van der Waals surface area contributed by atoms with Gasteiger partial charge in [-0.25, -0.2) is 4.79 Å². The summed E-state index contributed by atoms with van der Waals surface area (Å²) in [7, 11) is 0. The Morgan fingerprint density at radius 3 is 1.97 bits per heavy atom. The number of carbonyl (C=O) groups excluding carboxylic acids is 2. The van der Waals surface area contributed by atoms with E-state index in [1.54, 1.807) is 6.08 Å². The van der Waals surface area contributed by atoms with E-state index in [-0.39, 0.29) is 24.1 Å². The molecular weight excluding hydrogens is 364 g/mol. The van der Waals surface area contributed by atoms with Gasteiger partial charge in [0.15, 0.2) is 0 Å². The highest BCUT2D eigenvalue weighted by molar-refractivity contribution is 5.87. The van der Waals surface area contributed by atoms with Crippen LogP contribution in [-0.2, 0) is 31.9 Å². The van der Waals surface area contributed by atoms with E-state index in [0.717, 1.165) is 16.7 Å². The molecule has 150 valence electrons. The molecule has 0 saturated heterocycles. The van der Waals surface area contributed by atoms with Crippen LogP contribution in [0, 0.1) is 0 Å². The molecule has 0 amide bonds. The largest absolute Gasteiger partial charge is 0.462 e. The van der Waals surface area contributed by atoms with Crippen LogP contribution in [0.2, 0.25) is 0 Å². The molecule has 4 heteroatoms. The molecule has 2 aromatic rings. The Kier molecular flexibility index (Phi) is 7.40. The van der Waals surface area contributed by atoms with Gasteiger partial charge in [-0.2, -0.15) is 0 Å². The van der Waals surface area contributed by atoms with Gasteiger partial charge in [-0.15, -0.1) is 0 Å². The molecule has 0 bridgehead atoms. The monoisotopic (exact) mass is 390 g/mol. The van der Waals surface area contributed by atoms with Gasteiger partial charge in [-0.3, -0.25) is 4.79 Å². The summed E-state index contributed by atoms with van der Waals surface area (Å²) in [6.45, 7) is 1.44. The summed E-state index contributed by atoms with van der Waals surface area (Å²) >= 11 is 0. The predicted molar refractivity (Wildman–Crippen MR) is 113 cm³/mol. The number of rotatable bonds is 4. The van der Waals surface area contributed by atoms with E-state index >= 15 is 0 Å². The maximum Gasteiger partial charge on any atom is 0.331 e. The van der Waals surface area contributed by atoms with Crippen molar-refractivity contribution in [3.63, 3.8) is 0 Å². The first-order valence-corrected chi connectivity index (χ1v) is 9.93. The van der Waals surface area contributed by atoms with Crippen LogP contribution in [0.25, 0.3) is 6.08 Å². The molecule has 0 aliphatic heterocycles. The average molecular weight is 390 g/mol. The molecule has 1 aliphatic carbocycles. The normalized spacial score (nSPS) is 19.3. The predicted octanol–water partition coefficient (Wildman–Crippen LogP) is 4.68. The van der Waals surface area contributed by atoms with Gasteiger partial charge >= 0.3 is 11.9 Å². The lowest BCUT2D eigenvalue weighted by Crippen LogP contribution is -2.23. The summed E-state index contributed by atoms with van der Waals surface area (Å²) in [5.74, 6) is -0.616. The molecule has 2 atom stereocenters. The van der Waals surface area contributed by atoms with E-state index in [0.29, 0.717) is 25.7 Å². The van der Waals surface area contributed by atoms with Crippen LogP contribution in [0.3, 0.4) is 0 Å². The quantitative estimate of drug-likeness (QED) is 0.432. The fraction of sp³-hybridized carbons (Fsp3) is 0.280. The van der Waals surface area contributed by atoms with E-state index in [9.17, 15) is 9.59 Å². The first-order valence-electron chi connectivity index (χ1n) is 9.93. The number of benzene rings is 2. The Bertz CT molecular complexity index is 883. The van der Waals surface area contributed by atoms with Crippen LogP contribution in [0.1, 0.15) is 36.5 Å². The number of hydrogen-bond acceptors (Lipinski definition) is 4. The molecule has 0 radical (unpaired) electrons. The summed E-state index contributed by atoms with van der Waals surface area (Å²) in [5, 5.41) is 0. The fourth-order valence-electron chi connectivity index (χ4n) is 3.46. The lowest BCUT2D eigenvalue weighted by molar-refractivity contribution is -0.146. The van der Waals surface area contributed by atoms with Gasteiger partial charge in [0.05, 0.1) is 0 Å². The molecule has 2 unspecified atom stereocenters. The molecule has 2 aromatic carbocycles. The smallest absolute Gasteiger partial charge is 0.331 e. The molecule has 3 rings (SSSR count). The van der Waals surface area contributed by atoms with E-state index in [2.05, 4.69) is 0 Å². The second-order valence-corrected chi connectivity index (χ2v) is 7.15. The molecular formula is C25H26O4. The van der Waals surface area contributed by atoms with Crippen molar-refractivity contribution >= 4 is 18.0 Å². The topological polar surface area (TPSA) is 52.6 Å². The van der Waals surface area contributed by atoms with Gasteiger partial charge in [-0.1, -0.05) is 66.7 Å². The van der Waals surface area contributed by atoms with Crippen molar-refractivity contribution in [2.75, 3.05) is 0 Å². The molecule has 0 fully saturated rings. The second-order valence-electron chi connectivity index (χ2n) is 7.15. The number of hydrogen-bond donors (Lipinski definition) is 0. The molecule has 0 aromatic heterocycles. The van der Waals surface area contributed by atoms with Gasteiger partial charge < -0.3 is 9.47 Å². The zero-order valence-electron chi connectivity index (χ0n) is 16.6. The van der Waals surface area contributed by atoms with Crippen molar-refractivity contribution < 1.29 is 19.1 Å². The van der Waals surface area contributed by atoms with E-state index in [4.69, 9.17) is 9.47 Å². The lowest BCUT2D eigenvalue weighted by atomic mass is 9.94. The summed E-state index contributed by atoms with van der Waals surface area (Å²) in [5.41, 5.74) is 3.19. The Morgan fingerprint density at radius 2 is 1.38 bits per heavy atom. The summed E-state index contributed by atoms with van der Waals surface area (Å²) in [4.78, 5) is 23.7. The van der Waals surface area contributed by atoms with Crippen molar-refractivity contribution in [2.24, 2.45) is 0 Å². The molecule has 0 N–H and O–H groups in total. The van der Waals surface area contributed by atoms with Gasteiger partial charge in [0.1, 0.15) is 12.2 Å². The Morgan fingerprint density at radius 1 is 0.828 bits per heavy atom. The zero-order valence-corrected chi connectivity index (χ0v) is 16.6. The van der Waals surface area contributed by atoms with Crippen molar-refractivity contribution in [2.45, 2.75) is 44.8 Å². The number of fused-ring (bicyclic) bond motifs is 1. The minimum atomic E-state index is -0.348. The van der Waals surface area contributed by atoms with Crippen molar-refractivity contribution in [3.8, 4) is 0 Å². The SMILES string of the molecule is CC(=O)OC1CC=CCC(OC(=O)C=Cc2ccccc2)Cc2ccccc2C1. The van der Waals surface area contributed by atoms with Crippen molar-refractivity contribution in [1.82, 2.24) is 0 Å². The summed E-state index contributed by atoms with van der Waals surface area (Å²) in [6, 6.07) is 17.7. The van der Waals surface area contributed by atoms with E-state index in [1.807, 2.05) is 66.7 Å². The highest BCUT2D eigenvalue weighted by atomic mass is 16.5. The van der Waals surface area contributed by atoms with Crippen LogP contribution >= 0.6 is 0 Å². The standard InChI is InChI=1S/C25H26O4/c1-19(26)28-23-13-7-8-14-24(18-22-12-6-5-11-21(22)17-23)29-25(27)16-15-20-9-3-2-4-10-20/h2-12,15-16,23-24H,13-14,17-18H2,1H3. The third kappa shape index (κ3) is 6.75. The molecule has 4 nitrogen and oxygen atoms in total. The average Bonchev–Trinajstić information content (AvgIpc) is 2.71. The highest BCUT2D eigenvalue weighted by Gasteiger charge is 2.19. The summed E-state index contributed by atoms with van der Waals surface area (Å²) in [6.07, 6.45) is 9.34. The third-order valence-electron chi connectivity index (χ3n) is 4.81. The van der Waals surface area contributed by atoms with Gasteiger partial charge in [-0.05, 0) is 22.8 Å². The Balaban J connectivity index is 1.71. The second kappa shape index (κ2) is 10.4. The van der Waals surface area contributed by atoms with Crippen LogP contribution in [-0.4, -0.2) is 24.1 Å². The van der Waals surface area contributed by atoms with Crippen LogP contribution in [0.15, 0.2) is 72.8 Å². The molecule has 0 spiro atoms. The number of carbonyl (C=O) groups is 2. The zero-order chi connectivity index (χ0) is 20.5. The molecule has 1 aliphatic rings. The minimum absolute atomic E-state index is 0.183. The maximum atomic E-state index is 12.3. The Labute approximate surface area is 171 Å². The molecule has 29 heavy (non-hydrogen) atoms. The minimum Gasteiger partial charge on any atom is -0.462 e. The van der Waals surface area contributed by atoms with E-state index in [1.165, 1.54) is 13.0 Å². The van der Waals surface area contributed by atoms with Gasteiger partial charge in [0, 0.05) is 38.7 Å². The fourth-order valence-corrected chi connectivity index (χ4v) is 3.46. The first-order chi connectivity index (χ1) is 14.1. The highest BCUT2D eigenvalue weighted by Crippen LogP contribution is 2.21. The van der Waals surface area contributed by atoms with Crippen molar-refractivity contribution in [3.05, 3.63) is 89.5 Å². The van der Waals surface area contributed by atoms with Gasteiger partial charge in [0.2, 0.25) is 0 Å². The van der Waals surface area contributed by atoms with Crippen LogP contribution in [0.4, 0.5) is 0 Å². The Hall–Kier alpha value is -3.14. The number of ether oxygens (including phenoxy) is 2.